The molecule has 5 N–H and O–H groups in total. The minimum Gasteiger partial charge on any atom is -0.350 e. The Labute approximate surface area is 209 Å². The molecule has 0 saturated carbocycles. The predicted octanol–water partition coefficient (Wildman–Crippen LogP) is 0.443. The van der Waals surface area contributed by atoms with Gasteiger partial charge in [-0.25, -0.2) is 9.48 Å². The zero-order chi connectivity index (χ0) is 25.7. The molecule has 3 atom stereocenters. The van der Waals surface area contributed by atoms with Crippen molar-refractivity contribution in [3.8, 4) is 0 Å². The smallest absolute Gasteiger partial charge is 0.314 e. The summed E-state index contributed by atoms with van der Waals surface area (Å²) in [6.45, 7) is 0.492. The lowest BCUT2D eigenvalue weighted by Gasteiger charge is -2.26. The number of aromatic nitrogens is 3. The first-order valence-corrected chi connectivity index (χ1v) is 12.0. The van der Waals surface area contributed by atoms with Crippen LogP contribution in [0.5, 0.6) is 0 Å². The highest BCUT2D eigenvalue weighted by Gasteiger charge is 2.41. The third-order valence-electron chi connectivity index (χ3n) is 6.49. The fourth-order valence-corrected chi connectivity index (χ4v) is 4.50. The Bertz CT molecular complexity index is 1230. The van der Waals surface area contributed by atoms with Crippen LogP contribution in [0.1, 0.15) is 24.0 Å². The largest absolute Gasteiger partial charge is 0.350 e. The SMILES string of the molecule is CNC(=O)N[C@H]1C[C@@H](C(=O)NCc2ccc3c(c2)nnn3C)N(C(=O)[C@H](N)CCc2ccccc2)C1. The molecular formula is C25H32N8O3. The normalized spacial score (nSPS) is 18.1. The van der Waals surface area contributed by atoms with Crippen LogP contribution in [0.15, 0.2) is 48.5 Å². The highest BCUT2D eigenvalue weighted by atomic mass is 16.2. The topological polar surface area (TPSA) is 147 Å². The predicted molar refractivity (Wildman–Crippen MR) is 135 cm³/mol. The molecular weight excluding hydrogens is 460 g/mol. The van der Waals surface area contributed by atoms with E-state index in [0.29, 0.717) is 19.3 Å². The van der Waals surface area contributed by atoms with Gasteiger partial charge in [-0.05, 0) is 42.5 Å². The van der Waals surface area contributed by atoms with Crippen LogP contribution in [0.4, 0.5) is 4.79 Å². The van der Waals surface area contributed by atoms with Crippen molar-refractivity contribution < 1.29 is 14.4 Å². The molecule has 2 aromatic carbocycles. The van der Waals surface area contributed by atoms with E-state index in [1.165, 1.54) is 11.9 Å². The molecule has 1 aromatic heterocycles. The third-order valence-corrected chi connectivity index (χ3v) is 6.49. The highest BCUT2D eigenvalue weighted by Crippen LogP contribution is 2.21. The molecule has 0 aliphatic carbocycles. The average Bonchev–Trinajstić information content (AvgIpc) is 3.49. The number of nitrogens with zero attached hydrogens (tertiary/aromatic N) is 4. The van der Waals surface area contributed by atoms with Gasteiger partial charge in [0.1, 0.15) is 11.6 Å². The number of likely N-dealkylation sites (tertiary alicyclic amines) is 1. The number of carbonyl (C=O) groups excluding carboxylic acids is 3. The minimum absolute atomic E-state index is 0.217. The summed E-state index contributed by atoms with van der Waals surface area (Å²) >= 11 is 0. The first kappa shape index (κ1) is 25.1. The molecule has 3 aromatic rings. The van der Waals surface area contributed by atoms with Gasteiger partial charge in [0, 0.05) is 27.2 Å². The van der Waals surface area contributed by atoms with Crippen LogP contribution in [0.2, 0.25) is 0 Å². The molecule has 190 valence electrons. The van der Waals surface area contributed by atoms with E-state index in [9.17, 15) is 14.4 Å². The second-order valence-corrected chi connectivity index (χ2v) is 9.05. The van der Waals surface area contributed by atoms with Crippen molar-refractivity contribution in [2.45, 2.75) is 43.9 Å². The van der Waals surface area contributed by atoms with Crippen LogP contribution in [0.25, 0.3) is 11.0 Å². The number of hydrogen-bond acceptors (Lipinski definition) is 6. The van der Waals surface area contributed by atoms with E-state index >= 15 is 0 Å². The second kappa shape index (κ2) is 11.2. The van der Waals surface area contributed by atoms with Gasteiger partial charge >= 0.3 is 6.03 Å². The maximum atomic E-state index is 13.3. The molecule has 11 heteroatoms. The molecule has 1 aliphatic heterocycles. The van der Waals surface area contributed by atoms with Crippen LogP contribution < -0.4 is 21.7 Å². The Morgan fingerprint density at radius 3 is 2.67 bits per heavy atom. The van der Waals surface area contributed by atoms with Crippen molar-refractivity contribution in [2.75, 3.05) is 13.6 Å². The van der Waals surface area contributed by atoms with Gasteiger partial charge < -0.3 is 26.6 Å². The summed E-state index contributed by atoms with van der Waals surface area (Å²) in [7, 11) is 3.33. The lowest BCUT2D eigenvalue weighted by atomic mass is 10.0. The molecule has 0 radical (unpaired) electrons. The summed E-state index contributed by atoms with van der Waals surface area (Å²) in [6.07, 6.45) is 1.42. The molecule has 4 amide bonds. The van der Waals surface area contributed by atoms with E-state index in [1.807, 2.05) is 55.6 Å². The first-order chi connectivity index (χ1) is 17.4. The Morgan fingerprint density at radius 2 is 1.92 bits per heavy atom. The summed E-state index contributed by atoms with van der Waals surface area (Å²) in [5, 5.41) is 16.4. The second-order valence-electron chi connectivity index (χ2n) is 9.05. The van der Waals surface area contributed by atoms with Gasteiger partial charge in [0.25, 0.3) is 0 Å². The molecule has 1 aliphatic rings. The Balaban J connectivity index is 1.42. The maximum absolute atomic E-state index is 13.3. The van der Waals surface area contributed by atoms with Gasteiger partial charge in [0.05, 0.1) is 17.6 Å². The van der Waals surface area contributed by atoms with Gasteiger partial charge in [-0.15, -0.1) is 5.10 Å². The zero-order valence-electron chi connectivity index (χ0n) is 20.5. The van der Waals surface area contributed by atoms with Crippen LogP contribution >= 0.6 is 0 Å². The summed E-state index contributed by atoms with van der Waals surface area (Å²) < 4.78 is 1.68. The minimum atomic E-state index is -0.752. The number of rotatable bonds is 8. The van der Waals surface area contributed by atoms with Gasteiger partial charge in [0.15, 0.2) is 0 Å². The standard InChI is InChI=1S/C25H32N8O3/c1-27-25(36)29-18-13-22(23(34)28-14-17-9-11-21-20(12-17)30-31-32(21)2)33(15-18)24(35)19(26)10-8-16-6-4-3-5-7-16/h3-7,9,11-12,18-19,22H,8,10,13-15,26H2,1-2H3,(H,28,34)(H2,27,29,36)/t18-,19+,22-/m0/s1. The Morgan fingerprint density at radius 1 is 1.14 bits per heavy atom. The molecule has 11 nitrogen and oxygen atoms in total. The van der Waals surface area contributed by atoms with Crippen molar-refractivity contribution in [1.82, 2.24) is 35.8 Å². The van der Waals surface area contributed by atoms with Crippen LogP contribution in [0, 0.1) is 0 Å². The Kier molecular flexibility index (Phi) is 7.79. The van der Waals surface area contributed by atoms with E-state index in [4.69, 9.17) is 5.73 Å². The number of fused-ring (bicyclic) bond motifs is 1. The fourth-order valence-electron chi connectivity index (χ4n) is 4.50. The first-order valence-electron chi connectivity index (χ1n) is 12.0. The summed E-state index contributed by atoms with van der Waals surface area (Å²) in [5.41, 5.74) is 9.85. The van der Waals surface area contributed by atoms with Gasteiger partial charge in [-0.1, -0.05) is 41.6 Å². The number of nitrogens with one attached hydrogen (secondary N) is 3. The number of aryl methyl sites for hydroxylation is 2. The molecule has 2 heterocycles. The quantitative estimate of drug-likeness (QED) is 0.359. The number of nitrogens with two attached hydrogens (primary N) is 1. The van der Waals surface area contributed by atoms with Crippen molar-refractivity contribution in [2.24, 2.45) is 12.8 Å². The van der Waals surface area contributed by atoms with Gasteiger partial charge in [-0.3, -0.25) is 9.59 Å². The van der Waals surface area contributed by atoms with Crippen molar-refractivity contribution >= 4 is 28.9 Å². The highest BCUT2D eigenvalue weighted by molar-refractivity contribution is 5.91. The van der Waals surface area contributed by atoms with E-state index in [0.717, 1.165) is 22.2 Å². The molecule has 0 spiro atoms. The third kappa shape index (κ3) is 5.80. The van der Waals surface area contributed by atoms with Crippen LogP contribution in [0.3, 0.4) is 0 Å². The molecule has 1 fully saturated rings. The van der Waals surface area contributed by atoms with Gasteiger partial charge in [-0.2, -0.15) is 0 Å². The lowest BCUT2D eigenvalue weighted by Crippen LogP contribution is -2.51. The molecule has 36 heavy (non-hydrogen) atoms. The number of amides is 4. The van der Waals surface area contributed by atoms with Crippen molar-refractivity contribution in [3.63, 3.8) is 0 Å². The van der Waals surface area contributed by atoms with E-state index in [1.54, 1.807) is 4.68 Å². The van der Waals surface area contributed by atoms with Crippen molar-refractivity contribution in [3.05, 3.63) is 59.7 Å². The summed E-state index contributed by atoms with van der Waals surface area (Å²) in [5.74, 6) is -0.590. The number of benzene rings is 2. The Hall–Kier alpha value is -3.99. The number of urea groups is 1. The van der Waals surface area contributed by atoms with Gasteiger partial charge in [0.2, 0.25) is 11.8 Å². The van der Waals surface area contributed by atoms with E-state index in [-0.39, 0.29) is 37.0 Å². The average molecular weight is 493 g/mol. The van der Waals surface area contributed by atoms with Crippen molar-refractivity contribution in [1.29, 1.82) is 0 Å². The molecule has 1 saturated heterocycles. The molecule has 4 rings (SSSR count). The fraction of sp³-hybridized carbons (Fsp3) is 0.400. The number of carbonyl (C=O) groups is 3. The molecule has 0 unspecified atom stereocenters. The lowest BCUT2D eigenvalue weighted by molar-refractivity contribution is -0.139. The monoisotopic (exact) mass is 492 g/mol. The van der Waals surface area contributed by atoms with E-state index in [2.05, 4.69) is 26.3 Å². The van der Waals surface area contributed by atoms with Crippen LogP contribution in [-0.4, -0.2) is 69.5 Å². The van der Waals surface area contributed by atoms with Crippen LogP contribution in [-0.2, 0) is 29.6 Å². The summed E-state index contributed by atoms with van der Waals surface area (Å²) in [6, 6.07) is 13.3. The van der Waals surface area contributed by atoms with E-state index < -0.39 is 12.1 Å². The molecule has 0 bridgehead atoms. The zero-order valence-corrected chi connectivity index (χ0v) is 20.5. The number of hydrogen-bond donors (Lipinski definition) is 4. The maximum Gasteiger partial charge on any atom is 0.314 e. The summed E-state index contributed by atoms with van der Waals surface area (Å²) in [4.78, 5) is 39.8.